The van der Waals surface area contributed by atoms with E-state index in [4.69, 9.17) is 0 Å². The molecule has 0 amide bonds. The molecule has 4 N–H and O–H groups in total. The number of hydrogen-bond donors (Lipinski definition) is 4. The molecule has 4 aromatic rings. The van der Waals surface area contributed by atoms with Crippen LogP contribution in [0, 0.1) is 0 Å². The molecule has 7 nitrogen and oxygen atoms in total. The molecule has 0 radical (unpaired) electrons. The molecule has 1 aromatic heterocycles. The van der Waals surface area contributed by atoms with Gasteiger partial charge in [-0.15, -0.1) is 0 Å². The number of fused-ring (bicyclic) bond motifs is 1. The highest BCUT2D eigenvalue weighted by Crippen LogP contribution is 2.22. The van der Waals surface area contributed by atoms with Gasteiger partial charge in [0.2, 0.25) is 10.0 Å². The lowest BCUT2D eigenvalue weighted by atomic mass is 9.80. The van der Waals surface area contributed by atoms with Crippen molar-refractivity contribution in [3.63, 3.8) is 0 Å². The molecule has 1 unspecified atom stereocenters. The van der Waals surface area contributed by atoms with E-state index in [1.807, 2.05) is 24.3 Å². The summed E-state index contributed by atoms with van der Waals surface area (Å²) >= 11 is 0. The van der Waals surface area contributed by atoms with Crippen LogP contribution in [0.15, 0.2) is 83.8 Å². The summed E-state index contributed by atoms with van der Waals surface area (Å²) in [5, 5.41) is 18.6. The van der Waals surface area contributed by atoms with Crippen LogP contribution in [0.1, 0.15) is 17.4 Å². The molecule has 152 valence electrons. The molecule has 0 saturated heterocycles. The predicted octanol–water partition coefficient (Wildman–Crippen LogP) is 1.51. The van der Waals surface area contributed by atoms with Crippen molar-refractivity contribution in [3.8, 4) is 0 Å². The molecule has 0 saturated carbocycles. The lowest BCUT2D eigenvalue weighted by Crippen LogP contribution is -2.31. The van der Waals surface area contributed by atoms with Crippen molar-refractivity contribution in [1.82, 2.24) is 14.7 Å². The number of imidazole rings is 1. The van der Waals surface area contributed by atoms with Gasteiger partial charge >= 0.3 is 7.12 Å². The zero-order valence-corrected chi connectivity index (χ0v) is 16.8. The molecule has 0 bridgehead atoms. The van der Waals surface area contributed by atoms with Crippen LogP contribution >= 0.6 is 0 Å². The highest BCUT2D eigenvalue weighted by molar-refractivity contribution is 7.89. The highest BCUT2D eigenvalue weighted by Gasteiger charge is 2.24. The first-order valence-corrected chi connectivity index (χ1v) is 10.9. The van der Waals surface area contributed by atoms with E-state index >= 15 is 0 Å². The zero-order chi connectivity index (χ0) is 21.1. The van der Waals surface area contributed by atoms with E-state index in [0.29, 0.717) is 17.7 Å². The molecule has 0 aliphatic rings. The van der Waals surface area contributed by atoms with Gasteiger partial charge in [-0.1, -0.05) is 54.6 Å². The Balaban J connectivity index is 1.69. The number of rotatable bonds is 7. The summed E-state index contributed by atoms with van der Waals surface area (Å²) in [7, 11) is -5.33. The molecule has 9 heteroatoms. The third kappa shape index (κ3) is 4.44. The minimum absolute atomic E-state index is 0.171. The molecule has 30 heavy (non-hydrogen) atoms. The van der Waals surface area contributed by atoms with E-state index in [1.165, 1.54) is 12.1 Å². The molecule has 1 atom stereocenters. The summed E-state index contributed by atoms with van der Waals surface area (Å²) in [6.45, 7) is 0. The van der Waals surface area contributed by atoms with Crippen molar-refractivity contribution >= 4 is 33.6 Å². The first kappa shape index (κ1) is 20.3. The first-order valence-electron chi connectivity index (χ1n) is 9.39. The Labute approximate surface area is 174 Å². The van der Waals surface area contributed by atoms with Crippen LogP contribution in [0.5, 0.6) is 0 Å². The molecular formula is C21H20BN3O4S. The zero-order valence-electron chi connectivity index (χ0n) is 15.9. The number of nitrogens with one attached hydrogen (secondary N) is 2. The first-order chi connectivity index (χ1) is 14.4. The van der Waals surface area contributed by atoms with Crippen LogP contribution in [0.4, 0.5) is 0 Å². The van der Waals surface area contributed by atoms with Crippen LogP contribution < -0.4 is 10.2 Å². The van der Waals surface area contributed by atoms with Crippen molar-refractivity contribution < 1.29 is 18.5 Å². The van der Waals surface area contributed by atoms with E-state index in [2.05, 4.69) is 14.7 Å². The van der Waals surface area contributed by atoms with Gasteiger partial charge in [0.25, 0.3) is 0 Å². The maximum absolute atomic E-state index is 12.9. The Kier molecular flexibility index (Phi) is 5.69. The second kappa shape index (κ2) is 8.41. The fraction of sp³-hybridized carbons (Fsp3) is 0.0952. The van der Waals surface area contributed by atoms with Gasteiger partial charge in [-0.25, -0.2) is 18.1 Å². The quantitative estimate of drug-likeness (QED) is 0.338. The summed E-state index contributed by atoms with van der Waals surface area (Å²) in [6, 6.07) is 21.7. The van der Waals surface area contributed by atoms with Crippen LogP contribution in [0.2, 0.25) is 0 Å². The van der Waals surface area contributed by atoms with Crippen molar-refractivity contribution in [2.45, 2.75) is 17.4 Å². The average molecular weight is 421 g/mol. The monoisotopic (exact) mass is 421 g/mol. The van der Waals surface area contributed by atoms with Gasteiger partial charge in [0.15, 0.2) is 0 Å². The van der Waals surface area contributed by atoms with Crippen molar-refractivity contribution in [3.05, 3.63) is 90.3 Å². The second-order valence-electron chi connectivity index (χ2n) is 6.95. The smallest absolute Gasteiger partial charge is 0.423 e. The summed E-state index contributed by atoms with van der Waals surface area (Å²) in [6.07, 6.45) is 0.327. The van der Waals surface area contributed by atoms with Gasteiger partial charge in [0.1, 0.15) is 5.82 Å². The molecule has 4 rings (SSSR count). The van der Waals surface area contributed by atoms with Crippen LogP contribution in [-0.4, -0.2) is 35.6 Å². The van der Waals surface area contributed by atoms with Crippen LogP contribution in [-0.2, 0) is 16.4 Å². The molecule has 1 heterocycles. The van der Waals surface area contributed by atoms with Gasteiger partial charge in [-0.05, 0) is 41.7 Å². The summed E-state index contributed by atoms with van der Waals surface area (Å²) < 4.78 is 28.6. The summed E-state index contributed by atoms with van der Waals surface area (Å²) in [4.78, 5) is 7.94. The fourth-order valence-corrected chi connectivity index (χ4v) is 4.47. The summed E-state index contributed by atoms with van der Waals surface area (Å²) in [5.74, 6) is 0.502. The SMILES string of the molecule is O=S(=O)(NC(Cc1ccc(B(O)O)cc1)c1nc2ccccc2[nH]1)c1ccccc1. The third-order valence-electron chi connectivity index (χ3n) is 4.81. The fourth-order valence-electron chi connectivity index (χ4n) is 3.25. The average Bonchev–Trinajstić information content (AvgIpc) is 3.18. The molecule has 0 spiro atoms. The lowest BCUT2D eigenvalue weighted by Gasteiger charge is -2.17. The molecule has 0 fully saturated rings. The Morgan fingerprint density at radius 2 is 1.60 bits per heavy atom. The number of para-hydroxylation sites is 2. The van der Waals surface area contributed by atoms with Gasteiger partial charge in [0.05, 0.1) is 22.0 Å². The van der Waals surface area contributed by atoms with Gasteiger partial charge in [0, 0.05) is 0 Å². The third-order valence-corrected chi connectivity index (χ3v) is 6.29. The van der Waals surface area contributed by atoms with Crippen molar-refractivity contribution in [1.29, 1.82) is 0 Å². The van der Waals surface area contributed by atoms with Gasteiger partial charge < -0.3 is 15.0 Å². The minimum Gasteiger partial charge on any atom is -0.423 e. The number of nitrogens with zero attached hydrogens (tertiary/aromatic N) is 1. The molecular weight excluding hydrogens is 401 g/mol. The highest BCUT2D eigenvalue weighted by atomic mass is 32.2. The molecule has 0 aliphatic heterocycles. The number of sulfonamides is 1. The Morgan fingerprint density at radius 1 is 0.933 bits per heavy atom. The standard InChI is InChI=1S/C21H20BN3O4S/c26-22(27)16-12-10-15(11-13-16)14-20(21-23-18-8-4-5-9-19(18)24-21)25-30(28,29)17-6-2-1-3-7-17/h1-13,20,25-27H,14H2,(H,23,24). The normalized spacial score (nSPS) is 12.7. The van der Waals surface area contributed by atoms with E-state index in [1.54, 1.807) is 42.5 Å². The Hall–Kier alpha value is -2.98. The van der Waals surface area contributed by atoms with Crippen LogP contribution in [0.25, 0.3) is 11.0 Å². The van der Waals surface area contributed by atoms with E-state index in [0.717, 1.165) is 16.6 Å². The van der Waals surface area contributed by atoms with Gasteiger partial charge in [-0.2, -0.15) is 0 Å². The number of benzene rings is 3. The molecule has 0 aliphatic carbocycles. The number of hydrogen-bond acceptors (Lipinski definition) is 5. The Bertz CT molecular complexity index is 1210. The summed E-state index contributed by atoms with van der Waals surface area (Å²) in [5.41, 5.74) is 2.75. The largest absolute Gasteiger partial charge is 0.488 e. The predicted molar refractivity (Wildman–Crippen MR) is 116 cm³/mol. The number of aromatic nitrogens is 2. The van der Waals surface area contributed by atoms with E-state index in [-0.39, 0.29) is 4.90 Å². The number of H-pyrrole nitrogens is 1. The maximum atomic E-state index is 12.9. The number of aromatic amines is 1. The second-order valence-corrected chi connectivity index (χ2v) is 8.66. The topological polar surface area (TPSA) is 115 Å². The Morgan fingerprint density at radius 3 is 2.27 bits per heavy atom. The van der Waals surface area contributed by atoms with E-state index < -0.39 is 23.2 Å². The minimum atomic E-state index is -3.78. The van der Waals surface area contributed by atoms with Crippen molar-refractivity contribution in [2.24, 2.45) is 0 Å². The van der Waals surface area contributed by atoms with Crippen LogP contribution in [0.3, 0.4) is 0 Å². The van der Waals surface area contributed by atoms with Gasteiger partial charge in [-0.3, -0.25) is 0 Å². The van der Waals surface area contributed by atoms with Crippen molar-refractivity contribution in [2.75, 3.05) is 0 Å². The molecule has 3 aromatic carbocycles. The van der Waals surface area contributed by atoms with E-state index in [9.17, 15) is 18.5 Å². The maximum Gasteiger partial charge on any atom is 0.488 e. The lowest BCUT2D eigenvalue weighted by molar-refractivity contribution is 0.426.